The second-order valence-electron chi connectivity index (χ2n) is 5.47. The highest BCUT2D eigenvalue weighted by Crippen LogP contribution is 2.27. The maximum absolute atomic E-state index is 11.3. The maximum atomic E-state index is 11.3. The van der Waals surface area contributed by atoms with Crippen molar-refractivity contribution in [1.82, 2.24) is 4.90 Å². The highest BCUT2D eigenvalue weighted by atomic mass is 16.5. The smallest absolute Gasteiger partial charge is 0.219 e. The van der Waals surface area contributed by atoms with Gasteiger partial charge >= 0.3 is 0 Å². The topological polar surface area (TPSA) is 41.6 Å². The first-order chi connectivity index (χ1) is 9.58. The van der Waals surface area contributed by atoms with E-state index >= 15 is 0 Å². The molecule has 4 heteroatoms. The van der Waals surface area contributed by atoms with Gasteiger partial charge in [0.1, 0.15) is 0 Å². The summed E-state index contributed by atoms with van der Waals surface area (Å²) in [6.07, 6.45) is 2.57. The van der Waals surface area contributed by atoms with Crippen LogP contribution in [0.5, 0.6) is 0 Å². The lowest BCUT2D eigenvalue weighted by Crippen LogP contribution is -2.40. The molecule has 1 N–H and O–H groups in total. The van der Waals surface area contributed by atoms with Crippen LogP contribution in [0.15, 0.2) is 24.3 Å². The minimum absolute atomic E-state index is 0.0851. The molecule has 2 rings (SSSR count). The molecule has 1 aliphatic carbocycles. The maximum Gasteiger partial charge on any atom is 0.219 e. The van der Waals surface area contributed by atoms with Crippen molar-refractivity contribution in [2.24, 2.45) is 0 Å². The van der Waals surface area contributed by atoms with Crippen molar-refractivity contribution in [3.05, 3.63) is 29.8 Å². The van der Waals surface area contributed by atoms with E-state index in [-0.39, 0.29) is 5.91 Å². The molecule has 110 valence electrons. The third kappa shape index (κ3) is 3.97. The van der Waals surface area contributed by atoms with Gasteiger partial charge in [0.2, 0.25) is 5.91 Å². The largest absolute Gasteiger partial charge is 0.382 e. The minimum atomic E-state index is 0.0851. The number of amides is 1. The van der Waals surface area contributed by atoms with Crippen molar-refractivity contribution < 1.29 is 9.53 Å². The predicted molar refractivity (Wildman–Crippen MR) is 80.6 cm³/mol. The monoisotopic (exact) mass is 276 g/mol. The van der Waals surface area contributed by atoms with E-state index in [0.29, 0.717) is 18.7 Å². The molecule has 0 heterocycles. The average Bonchev–Trinajstić information content (AvgIpc) is 2.36. The molecular weight excluding hydrogens is 252 g/mol. The molecule has 0 radical (unpaired) electrons. The number of hydrogen-bond acceptors (Lipinski definition) is 3. The van der Waals surface area contributed by atoms with Crippen molar-refractivity contribution in [3.8, 4) is 0 Å². The van der Waals surface area contributed by atoms with Crippen LogP contribution in [-0.2, 0) is 16.1 Å². The van der Waals surface area contributed by atoms with Gasteiger partial charge in [-0.2, -0.15) is 0 Å². The summed E-state index contributed by atoms with van der Waals surface area (Å²) in [4.78, 5) is 13.0. The van der Waals surface area contributed by atoms with Gasteiger partial charge in [-0.15, -0.1) is 0 Å². The second kappa shape index (κ2) is 6.75. The third-order valence-corrected chi connectivity index (χ3v) is 3.75. The van der Waals surface area contributed by atoms with Crippen molar-refractivity contribution in [1.29, 1.82) is 0 Å². The van der Waals surface area contributed by atoms with Crippen LogP contribution in [0, 0.1) is 0 Å². The minimum Gasteiger partial charge on any atom is -0.382 e. The van der Waals surface area contributed by atoms with Gasteiger partial charge in [-0.1, -0.05) is 12.1 Å². The van der Waals surface area contributed by atoms with Gasteiger partial charge in [0.25, 0.3) is 0 Å². The number of hydrogen-bond donors (Lipinski definition) is 1. The van der Waals surface area contributed by atoms with Crippen molar-refractivity contribution in [3.63, 3.8) is 0 Å². The van der Waals surface area contributed by atoms with E-state index in [0.717, 1.165) is 30.7 Å². The Kier molecular flexibility index (Phi) is 5.01. The van der Waals surface area contributed by atoms with Gasteiger partial charge in [0.15, 0.2) is 0 Å². The van der Waals surface area contributed by atoms with E-state index < -0.39 is 0 Å². The van der Waals surface area contributed by atoms with Crippen LogP contribution in [0.2, 0.25) is 0 Å². The van der Waals surface area contributed by atoms with Crippen LogP contribution in [-0.4, -0.2) is 36.6 Å². The molecule has 0 saturated heterocycles. The van der Waals surface area contributed by atoms with Crippen molar-refractivity contribution in [2.75, 3.05) is 19.0 Å². The Morgan fingerprint density at radius 3 is 2.85 bits per heavy atom. The summed E-state index contributed by atoms with van der Waals surface area (Å²) in [5, 5.41) is 3.53. The van der Waals surface area contributed by atoms with Crippen LogP contribution >= 0.6 is 0 Å². The van der Waals surface area contributed by atoms with Crippen LogP contribution in [0.4, 0.5) is 5.69 Å². The highest BCUT2D eigenvalue weighted by molar-refractivity contribution is 5.72. The zero-order chi connectivity index (χ0) is 14.5. The molecule has 1 aromatic carbocycles. The summed E-state index contributed by atoms with van der Waals surface area (Å²) in [6, 6.07) is 8.78. The number of ether oxygens (including phenoxy) is 1. The summed E-state index contributed by atoms with van der Waals surface area (Å²) >= 11 is 0. The van der Waals surface area contributed by atoms with Gasteiger partial charge in [0, 0.05) is 38.9 Å². The van der Waals surface area contributed by atoms with E-state index in [2.05, 4.69) is 17.4 Å². The average molecular weight is 276 g/mol. The Hall–Kier alpha value is -1.55. The molecule has 20 heavy (non-hydrogen) atoms. The summed E-state index contributed by atoms with van der Waals surface area (Å²) < 4.78 is 5.56. The number of carbonyl (C=O) groups is 1. The van der Waals surface area contributed by atoms with Gasteiger partial charge < -0.3 is 15.0 Å². The molecule has 1 aromatic rings. The van der Waals surface area contributed by atoms with Crippen LogP contribution < -0.4 is 5.32 Å². The molecule has 0 unspecified atom stereocenters. The first kappa shape index (κ1) is 14.9. The van der Waals surface area contributed by atoms with Crippen LogP contribution in [0.3, 0.4) is 0 Å². The third-order valence-electron chi connectivity index (χ3n) is 3.75. The molecule has 1 saturated carbocycles. The van der Waals surface area contributed by atoms with Crippen LogP contribution in [0.1, 0.15) is 32.3 Å². The van der Waals surface area contributed by atoms with Crippen LogP contribution in [0.25, 0.3) is 0 Å². The fraction of sp³-hybridized carbons (Fsp3) is 0.562. The van der Waals surface area contributed by atoms with E-state index in [1.54, 1.807) is 11.8 Å². The number of nitrogens with one attached hydrogen (secondary N) is 1. The standard InChI is InChI=1S/C16H24N2O2/c1-4-20-16-9-15(10-16)17-14-7-5-6-13(8-14)11-18(3)12(2)19/h5-8,15-17H,4,9-11H2,1-3H3. The Balaban J connectivity index is 1.86. The molecule has 1 fully saturated rings. The lowest BCUT2D eigenvalue weighted by atomic mass is 9.89. The summed E-state index contributed by atoms with van der Waals surface area (Å²) in [5.74, 6) is 0.0851. The SMILES string of the molecule is CCOC1CC(Nc2cccc(CN(C)C(C)=O)c2)C1. The second-order valence-corrected chi connectivity index (χ2v) is 5.47. The van der Waals surface area contributed by atoms with E-state index in [1.165, 1.54) is 0 Å². The summed E-state index contributed by atoms with van der Waals surface area (Å²) in [6.45, 7) is 5.07. The summed E-state index contributed by atoms with van der Waals surface area (Å²) in [7, 11) is 1.82. The number of carbonyl (C=O) groups excluding carboxylic acids is 1. The zero-order valence-electron chi connectivity index (χ0n) is 12.6. The molecule has 0 aromatic heterocycles. The van der Waals surface area contributed by atoms with Crippen molar-refractivity contribution in [2.45, 2.75) is 45.4 Å². The molecule has 1 aliphatic rings. The van der Waals surface area contributed by atoms with Gasteiger partial charge in [-0.25, -0.2) is 0 Å². The Labute approximate surface area is 121 Å². The molecule has 0 atom stereocenters. The van der Waals surface area contributed by atoms with E-state index in [4.69, 9.17) is 4.74 Å². The Morgan fingerprint density at radius 1 is 1.45 bits per heavy atom. The van der Waals surface area contributed by atoms with Gasteiger partial charge in [0.05, 0.1) is 6.10 Å². The summed E-state index contributed by atoms with van der Waals surface area (Å²) in [5.41, 5.74) is 2.27. The van der Waals surface area contributed by atoms with Crippen molar-refractivity contribution >= 4 is 11.6 Å². The molecule has 0 aliphatic heterocycles. The molecule has 0 spiro atoms. The van der Waals surface area contributed by atoms with Gasteiger partial charge in [-0.3, -0.25) is 4.79 Å². The number of rotatable bonds is 6. The lowest BCUT2D eigenvalue weighted by molar-refractivity contribution is -0.128. The Morgan fingerprint density at radius 2 is 2.20 bits per heavy atom. The lowest BCUT2D eigenvalue weighted by Gasteiger charge is -2.36. The molecule has 0 bridgehead atoms. The quantitative estimate of drug-likeness (QED) is 0.868. The number of anilines is 1. The molecule has 1 amide bonds. The highest BCUT2D eigenvalue weighted by Gasteiger charge is 2.29. The zero-order valence-corrected chi connectivity index (χ0v) is 12.6. The van der Waals surface area contributed by atoms with E-state index in [1.807, 2.05) is 26.1 Å². The van der Waals surface area contributed by atoms with Gasteiger partial charge in [-0.05, 0) is 37.5 Å². The predicted octanol–water partition coefficient (Wildman–Crippen LogP) is 2.64. The first-order valence-corrected chi connectivity index (χ1v) is 7.27. The normalized spacial score (nSPS) is 21.1. The Bertz CT molecular complexity index is 456. The number of nitrogens with zero attached hydrogens (tertiary/aromatic N) is 1. The van der Waals surface area contributed by atoms with E-state index in [9.17, 15) is 4.79 Å². The first-order valence-electron chi connectivity index (χ1n) is 7.27. The molecular formula is C16H24N2O2. The fourth-order valence-corrected chi connectivity index (χ4v) is 2.44. The molecule has 4 nitrogen and oxygen atoms in total. The number of benzene rings is 1. The fourth-order valence-electron chi connectivity index (χ4n) is 2.44.